The number of nitrogens with two attached hydrogens (primary N) is 1. The number of ether oxygens (including phenoxy) is 1. The normalized spacial score (nSPS) is 18.0. The molecule has 0 bridgehead atoms. The minimum atomic E-state index is -0.245. The molecule has 2 aromatic rings. The molecule has 4 rings (SSSR count). The quantitative estimate of drug-likeness (QED) is 0.496. The van der Waals surface area contributed by atoms with Crippen LogP contribution in [0.3, 0.4) is 0 Å². The molecule has 3 N–H and O–H groups in total. The SMILES string of the molecule is NNC(=O)c1cc2c3c(c(N4CCOCC4)nc2s1)CCCC3. The molecule has 1 aliphatic heterocycles. The Bertz CT molecular complexity index is 752. The third-order valence-electron chi connectivity index (χ3n) is 4.65. The zero-order chi connectivity index (χ0) is 15.8. The number of aromatic nitrogens is 1. The molecule has 1 amide bonds. The molecule has 3 heterocycles. The fourth-order valence-electron chi connectivity index (χ4n) is 3.51. The van der Waals surface area contributed by atoms with Crippen LogP contribution in [0.25, 0.3) is 10.2 Å². The lowest BCUT2D eigenvalue weighted by atomic mass is 9.90. The number of carbonyl (C=O) groups excluding carboxylic acids is 1. The summed E-state index contributed by atoms with van der Waals surface area (Å²) in [6, 6.07) is 1.95. The molecule has 2 aliphatic rings. The Labute approximate surface area is 138 Å². The predicted octanol–water partition coefficient (Wildman–Crippen LogP) is 1.62. The number of amides is 1. The van der Waals surface area contributed by atoms with E-state index in [4.69, 9.17) is 15.6 Å². The van der Waals surface area contributed by atoms with Crippen LogP contribution in [0.1, 0.15) is 33.6 Å². The maximum atomic E-state index is 11.9. The van der Waals surface area contributed by atoms with Gasteiger partial charge in [0.05, 0.1) is 18.1 Å². The Hall–Kier alpha value is -1.70. The molecule has 0 atom stereocenters. The van der Waals surface area contributed by atoms with Gasteiger partial charge in [-0.05, 0) is 42.9 Å². The summed E-state index contributed by atoms with van der Waals surface area (Å²) in [7, 11) is 0. The van der Waals surface area contributed by atoms with Gasteiger partial charge in [0.15, 0.2) is 0 Å². The average Bonchev–Trinajstić information content (AvgIpc) is 3.05. The van der Waals surface area contributed by atoms with Gasteiger partial charge in [-0.2, -0.15) is 0 Å². The zero-order valence-corrected chi connectivity index (χ0v) is 13.7. The van der Waals surface area contributed by atoms with Gasteiger partial charge in [0.2, 0.25) is 0 Å². The third kappa shape index (κ3) is 2.58. The van der Waals surface area contributed by atoms with Crippen molar-refractivity contribution < 1.29 is 9.53 Å². The van der Waals surface area contributed by atoms with Gasteiger partial charge in [0.25, 0.3) is 5.91 Å². The summed E-state index contributed by atoms with van der Waals surface area (Å²) < 4.78 is 5.47. The number of carbonyl (C=O) groups is 1. The Kier molecular flexibility index (Phi) is 3.92. The topological polar surface area (TPSA) is 80.5 Å². The highest BCUT2D eigenvalue weighted by Gasteiger charge is 2.25. The van der Waals surface area contributed by atoms with Crippen molar-refractivity contribution >= 4 is 33.3 Å². The fraction of sp³-hybridized carbons (Fsp3) is 0.500. The number of morpholine rings is 1. The van der Waals surface area contributed by atoms with Crippen LogP contribution in [0, 0.1) is 0 Å². The van der Waals surface area contributed by atoms with Crippen LogP contribution in [-0.4, -0.2) is 37.2 Å². The largest absolute Gasteiger partial charge is 0.378 e. The second kappa shape index (κ2) is 6.07. The van der Waals surface area contributed by atoms with Crippen molar-refractivity contribution in [1.82, 2.24) is 10.4 Å². The summed E-state index contributed by atoms with van der Waals surface area (Å²) in [5, 5.41) is 1.13. The number of hydrogen-bond donors (Lipinski definition) is 2. The van der Waals surface area contributed by atoms with Crippen LogP contribution in [0.2, 0.25) is 0 Å². The number of nitrogens with one attached hydrogen (secondary N) is 1. The highest BCUT2D eigenvalue weighted by atomic mass is 32.1. The number of hydrazine groups is 1. The molecule has 1 aliphatic carbocycles. The number of anilines is 1. The molecular formula is C16H20N4O2S. The molecule has 6 nitrogen and oxygen atoms in total. The molecular weight excluding hydrogens is 312 g/mol. The van der Waals surface area contributed by atoms with E-state index in [1.807, 2.05) is 6.07 Å². The Balaban J connectivity index is 1.87. The van der Waals surface area contributed by atoms with E-state index in [1.165, 1.54) is 35.3 Å². The second-order valence-electron chi connectivity index (χ2n) is 6.00. The maximum absolute atomic E-state index is 11.9. The molecule has 0 radical (unpaired) electrons. The van der Waals surface area contributed by atoms with Gasteiger partial charge in [0, 0.05) is 18.5 Å². The molecule has 7 heteroatoms. The molecule has 23 heavy (non-hydrogen) atoms. The lowest BCUT2D eigenvalue weighted by Crippen LogP contribution is -2.37. The Morgan fingerprint density at radius 3 is 2.74 bits per heavy atom. The van der Waals surface area contributed by atoms with E-state index in [0.717, 1.165) is 55.2 Å². The summed E-state index contributed by atoms with van der Waals surface area (Å²) in [5.74, 6) is 6.12. The lowest BCUT2D eigenvalue weighted by molar-refractivity contribution is 0.0957. The van der Waals surface area contributed by atoms with Gasteiger partial charge in [-0.15, -0.1) is 11.3 Å². The van der Waals surface area contributed by atoms with Crippen LogP contribution in [-0.2, 0) is 17.6 Å². The van der Waals surface area contributed by atoms with Gasteiger partial charge < -0.3 is 9.64 Å². The maximum Gasteiger partial charge on any atom is 0.275 e. The van der Waals surface area contributed by atoms with E-state index in [-0.39, 0.29) is 5.91 Å². The van der Waals surface area contributed by atoms with Gasteiger partial charge in [-0.25, -0.2) is 10.8 Å². The third-order valence-corrected chi connectivity index (χ3v) is 5.68. The van der Waals surface area contributed by atoms with E-state index >= 15 is 0 Å². The molecule has 0 aromatic carbocycles. The highest BCUT2D eigenvalue weighted by molar-refractivity contribution is 7.20. The van der Waals surface area contributed by atoms with Gasteiger partial charge in [-0.1, -0.05) is 0 Å². The van der Waals surface area contributed by atoms with Crippen LogP contribution in [0.15, 0.2) is 6.07 Å². The van der Waals surface area contributed by atoms with E-state index in [0.29, 0.717) is 4.88 Å². The number of hydrogen-bond acceptors (Lipinski definition) is 6. The van der Waals surface area contributed by atoms with Crippen LogP contribution in [0.4, 0.5) is 5.82 Å². The molecule has 1 saturated heterocycles. The van der Waals surface area contributed by atoms with E-state index in [9.17, 15) is 4.79 Å². The Morgan fingerprint density at radius 2 is 2.00 bits per heavy atom. The lowest BCUT2D eigenvalue weighted by Gasteiger charge is -2.31. The first-order chi connectivity index (χ1) is 11.3. The number of thiophene rings is 1. The van der Waals surface area contributed by atoms with Gasteiger partial charge in [-0.3, -0.25) is 10.2 Å². The summed E-state index contributed by atoms with van der Waals surface area (Å²) in [5.41, 5.74) is 4.95. The van der Waals surface area contributed by atoms with Crippen molar-refractivity contribution in [3.8, 4) is 0 Å². The first kappa shape index (κ1) is 14.9. The second-order valence-corrected chi connectivity index (χ2v) is 7.03. The fourth-order valence-corrected chi connectivity index (χ4v) is 4.47. The smallest absolute Gasteiger partial charge is 0.275 e. The standard InChI is InChI=1S/C16H20N4O2S/c17-19-15(21)13-9-12-10-3-1-2-4-11(10)14(18-16(12)23-13)20-5-7-22-8-6-20/h9H,1-8,17H2,(H,19,21). The molecule has 122 valence electrons. The summed E-state index contributed by atoms with van der Waals surface area (Å²) >= 11 is 1.42. The zero-order valence-electron chi connectivity index (χ0n) is 12.9. The number of fused-ring (bicyclic) bond motifs is 3. The van der Waals surface area contributed by atoms with E-state index in [1.54, 1.807) is 0 Å². The van der Waals surface area contributed by atoms with Gasteiger partial charge in [0.1, 0.15) is 10.6 Å². The summed E-state index contributed by atoms with van der Waals surface area (Å²) in [4.78, 5) is 20.7. The van der Waals surface area contributed by atoms with Crippen LogP contribution in [0.5, 0.6) is 0 Å². The van der Waals surface area contributed by atoms with Crippen molar-refractivity contribution in [3.05, 3.63) is 22.1 Å². The minimum Gasteiger partial charge on any atom is -0.378 e. The number of nitrogen functional groups attached to an aromatic ring is 1. The molecule has 2 aromatic heterocycles. The molecule has 0 spiro atoms. The van der Waals surface area contributed by atoms with Crippen molar-refractivity contribution in [3.63, 3.8) is 0 Å². The first-order valence-corrected chi connectivity index (χ1v) is 8.88. The van der Waals surface area contributed by atoms with Gasteiger partial charge >= 0.3 is 0 Å². The monoisotopic (exact) mass is 332 g/mol. The molecule has 0 unspecified atom stereocenters. The number of aryl methyl sites for hydroxylation is 1. The highest BCUT2D eigenvalue weighted by Crippen LogP contribution is 2.37. The van der Waals surface area contributed by atoms with Crippen molar-refractivity contribution in [2.45, 2.75) is 25.7 Å². The van der Waals surface area contributed by atoms with Crippen molar-refractivity contribution in [1.29, 1.82) is 0 Å². The number of nitrogens with zero attached hydrogens (tertiary/aromatic N) is 2. The molecule has 1 fully saturated rings. The number of pyridine rings is 1. The number of rotatable bonds is 2. The molecule has 0 saturated carbocycles. The van der Waals surface area contributed by atoms with Crippen LogP contribution >= 0.6 is 11.3 Å². The average molecular weight is 332 g/mol. The van der Waals surface area contributed by atoms with Crippen molar-refractivity contribution in [2.24, 2.45) is 5.84 Å². The summed E-state index contributed by atoms with van der Waals surface area (Å²) in [6.07, 6.45) is 4.53. The predicted molar refractivity (Wildman–Crippen MR) is 90.9 cm³/mol. The summed E-state index contributed by atoms with van der Waals surface area (Å²) in [6.45, 7) is 3.26. The Morgan fingerprint density at radius 1 is 1.26 bits per heavy atom. The first-order valence-electron chi connectivity index (χ1n) is 8.07. The van der Waals surface area contributed by atoms with E-state index < -0.39 is 0 Å². The van der Waals surface area contributed by atoms with Crippen LogP contribution < -0.4 is 16.2 Å². The minimum absolute atomic E-state index is 0.245. The van der Waals surface area contributed by atoms with E-state index in [2.05, 4.69) is 10.3 Å². The van der Waals surface area contributed by atoms with Crippen molar-refractivity contribution in [2.75, 3.05) is 31.2 Å².